The molecule has 4 nitrogen and oxygen atoms in total. The fourth-order valence-corrected chi connectivity index (χ4v) is 4.57. The molecule has 20 heavy (non-hydrogen) atoms. The summed E-state index contributed by atoms with van der Waals surface area (Å²) >= 11 is 0. The molecule has 1 aromatic carbocycles. The zero-order valence-electron chi connectivity index (χ0n) is 12.2. The normalized spacial score (nSPS) is 17.4. The SMILES string of the molecule is CCN(C1CCCCC1)S(=O)(=O)c1ccc(OC)cc1. The first-order chi connectivity index (χ1) is 9.59. The van der Waals surface area contributed by atoms with Crippen LogP contribution in [0, 0.1) is 0 Å². The second-order valence-electron chi connectivity index (χ2n) is 5.18. The van der Waals surface area contributed by atoms with Crippen molar-refractivity contribution in [2.45, 2.75) is 50.0 Å². The van der Waals surface area contributed by atoms with Crippen molar-refractivity contribution in [2.75, 3.05) is 13.7 Å². The van der Waals surface area contributed by atoms with Crippen LogP contribution in [-0.2, 0) is 10.0 Å². The van der Waals surface area contributed by atoms with E-state index in [0.717, 1.165) is 25.7 Å². The van der Waals surface area contributed by atoms with Crippen molar-refractivity contribution in [3.8, 4) is 5.75 Å². The van der Waals surface area contributed by atoms with E-state index in [1.807, 2.05) is 6.92 Å². The van der Waals surface area contributed by atoms with Crippen LogP contribution < -0.4 is 4.74 Å². The molecular weight excluding hydrogens is 274 g/mol. The number of rotatable bonds is 5. The Morgan fingerprint density at radius 3 is 2.25 bits per heavy atom. The lowest BCUT2D eigenvalue weighted by atomic mass is 9.95. The molecule has 112 valence electrons. The maximum absolute atomic E-state index is 12.7. The number of hydrogen-bond donors (Lipinski definition) is 0. The van der Waals surface area contributed by atoms with Gasteiger partial charge in [0.05, 0.1) is 12.0 Å². The van der Waals surface area contributed by atoms with Gasteiger partial charge in [-0.1, -0.05) is 26.2 Å². The molecule has 0 bridgehead atoms. The van der Waals surface area contributed by atoms with Crippen molar-refractivity contribution >= 4 is 10.0 Å². The van der Waals surface area contributed by atoms with Crippen LogP contribution in [0.1, 0.15) is 39.0 Å². The molecule has 0 unspecified atom stereocenters. The molecule has 1 aliphatic carbocycles. The molecule has 0 radical (unpaired) electrons. The third kappa shape index (κ3) is 3.15. The zero-order chi connectivity index (χ0) is 14.6. The Bertz CT molecular complexity index is 519. The molecule has 0 N–H and O–H groups in total. The van der Waals surface area contributed by atoms with E-state index in [4.69, 9.17) is 4.74 Å². The van der Waals surface area contributed by atoms with Crippen LogP contribution in [-0.4, -0.2) is 32.4 Å². The van der Waals surface area contributed by atoms with Gasteiger partial charge in [-0.15, -0.1) is 0 Å². The van der Waals surface area contributed by atoms with Crippen LogP contribution in [0.15, 0.2) is 29.2 Å². The van der Waals surface area contributed by atoms with E-state index in [2.05, 4.69) is 0 Å². The summed E-state index contributed by atoms with van der Waals surface area (Å²) in [5, 5.41) is 0. The molecule has 2 rings (SSSR count). The first-order valence-electron chi connectivity index (χ1n) is 7.25. The van der Waals surface area contributed by atoms with E-state index in [-0.39, 0.29) is 6.04 Å². The smallest absolute Gasteiger partial charge is 0.243 e. The van der Waals surface area contributed by atoms with Crippen LogP contribution >= 0.6 is 0 Å². The van der Waals surface area contributed by atoms with Gasteiger partial charge in [-0.2, -0.15) is 4.31 Å². The van der Waals surface area contributed by atoms with Gasteiger partial charge in [0.15, 0.2) is 0 Å². The predicted octanol–water partition coefficient (Wildman–Crippen LogP) is 3.04. The van der Waals surface area contributed by atoms with Crippen LogP contribution in [0.5, 0.6) is 5.75 Å². The molecule has 0 aromatic heterocycles. The van der Waals surface area contributed by atoms with Crippen molar-refractivity contribution in [1.82, 2.24) is 4.31 Å². The summed E-state index contributed by atoms with van der Waals surface area (Å²) in [6.07, 6.45) is 5.42. The van der Waals surface area contributed by atoms with Gasteiger partial charge in [0.1, 0.15) is 5.75 Å². The number of sulfonamides is 1. The maximum atomic E-state index is 12.7. The van der Waals surface area contributed by atoms with Crippen molar-refractivity contribution in [3.63, 3.8) is 0 Å². The first-order valence-corrected chi connectivity index (χ1v) is 8.69. The Labute approximate surface area is 121 Å². The average Bonchev–Trinajstić information content (AvgIpc) is 2.49. The molecule has 0 heterocycles. The number of methoxy groups -OCH3 is 1. The summed E-state index contributed by atoms with van der Waals surface area (Å²) in [5.41, 5.74) is 0. The number of ether oxygens (including phenoxy) is 1. The number of hydrogen-bond acceptors (Lipinski definition) is 3. The van der Waals surface area contributed by atoms with Gasteiger partial charge in [-0.3, -0.25) is 0 Å². The summed E-state index contributed by atoms with van der Waals surface area (Å²) in [6, 6.07) is 6.79. The lowest BCUT2D eigenvalue weighted by Crippen LogP contribution is -2.41. The minimum atomic E-state index is -3.40. The van der Waals surface area contributed by atoms with E-state index in [0.29, 0.717) is 17.2 Å². The Balaban J connectivity index is 2.25. The molecule has 0 saturated heterocycles. The Morgan fingerprint density at radius 1 is 1.15 bits per heavy atom. The lowest BCUT2D eigenvalue weighted by Gasteiger charge is -2.32. The highest BCUT2D eigenvalue weighted by atomic mass is 32.2. The molecule has 0 aliphatic heterocycles. The van der Waals surface area contributed by atoms with E-state index in [9.17, 15) is 8.42 Å². The second-order valence-corrected chi connectivity index (χ2v) is 7.07. The van der Waals surface area contributed by atoms with Gasteiger partial charge < -0.3 is 4.74 Å². The lowest BCUT2D eigenvalue weighted by molar-refractivity contribution is 0.261. The summed E-state index contributed by atoms with van der Waals surface area (Å²) in [5.74, 6) is 0.671. The second kappa shape index (κ2) is 6.59. The van der Waals surface area contributed by atoms with Crippen LogP contribution in [0.3, 0.4) is 0 Å². The van der Waals surface area contributed by atoms with Gasteiger partial charge in [0.25, 0.3) is 0 Å². The molecule has 0 amide bonds. The van der Waals surface area contributed by atoms with Gasteiger partial charge in [-0.25, -0.2) is 8.42 Å². The predicted molar refractivity (Wildman–Crippen MR) is 79.4 cm³/mol. The monoisotopic (exact) mass is 297 g/mol. The van der Waals surface area contributed by atoms with Crippen molar-refractivity contribution < 1.29 is 13.2 Å². The molecule has 0 atom stereocenters. The fraction of sp³-hybridized carbons (Fsp3) is 0.600. The molecule has 1 fully saturated rings. The van der Waals surface area contributed by atoms with Crippen LogP contribution in [0.4, 0.5) is 0 Å². The molecule has 1 saturated carbocycles. The summed E-state index contributed by atoms with van der Waals surface area (Å²) in [4.78, 5) is 0.353. The van der Waals surface area contributed by atoms with Gasteiger partial charge in [0.2, 0.25) is 10.0 Å². The van der Waals surface area contributed by atoms with Gasteiger partial charge in [-0.05, 0) is 37.1 Å². The van der Waals surface area contributed by atoms with E-state index >= 15 is 0 Å². The fourth-order valence-electron chi connectivity index (χ4n) is 2.88. The minimum Gasteiger partial charge on any atom is -0.497 e. The number of benzene rings is 1. The van der Waals surface area contributed by atoms with E-state index < -0.39 is 10.0 Å². The Hall–Kier alpha value is -1.07. The minimum absolute atomic E-state index is 0.154. The highest BCUT2D eigenvalue weighted by molar-refractivity contribution is 7.89. The quantitative estimate of drug-likeness (QED) is 0.839. The van der Waals surface area contributed by atoms with Crippen LogP contribution in [0.25, 0.3) is 0 Å². The summed E-state index contributed by atoms with van der Waals surface area (Å²) < 4.78 is 32.2. The van der Waals surface area contributed by atoms with E-state index in [1.165, 1.54) is 6.42 Å². The number of nitrogens with zero attached hydrogens (tertiary/aromatic N) is 1. The van der Waals surface area contributed by atoms with Gasteiger partial charge >= 0.3 is 0 Å². The maximum Gasteiger partial charge on any atom is 0.243 e. The zero-order valence-corrected chi connectivity index (χ0v) is 13.0. The molecular formula is C15H23NO3S. The summed E-state index contributed by atoms with van der Waals surface area (Å²) in [7, 11) is -1.82. The third-order valence-corrected chi connectivity index (χ3v) is 6.00. The van der Waals surface area contributed by atoms with Crippen molar-refractivity contribution in [2.24, 2.45) is 0 Å². The van der Waals surface area contributed by atoms with Crippen molar-refractivity contribution in [3.05, 3.63) is 24.3 Å². The highest BCUT2D eigenvalue weighted by Crippen LogP contribution is 2.28. The Kier molecular flexibility index (Phi) is 5.05. The summed E-state index contributed by atoms with van der Waals surface area (Å²) in [6.45, 7) is 2.44. The first kappa shape index (κ1) is 15.3. The topological polar surface area (TPSA) is 46.6 Å². The average molecular weight is 297 g/mol. The van der Waals surface area contributed by atoms with Gasteiger partial charge in [0, 0.05) is 12.6 Å². The Morgan fingerprint density at radius 2 is 1.75 bits per heavy atom. The van der Waals surface area contributed by atoms with Crippen molar-refractivity contribution in [1.29, 1.82) is 0 Å². The largest absolute Gasteiger partial charge is 0.497 e. The molecule has 1 aromatic rings. The highest BCUT2D eigenvalue weighted by Gasteiger charge is 2.30. The molecule has 0 spiro atoms. The standard InChI is InChI=1S/C15H23NO3S/c1-3-16(13-7-5-4-6-8-13)20(17,18)15-11-9-14(19-2)10-12-15/h9-13H,3-8H2,1-2H3. The van der Waals surface area contributed by atoms with Crippen LogP contribution in [0.2, 0.25) is 0 Å². The molecule has 1 aliphatic rings. The molecule has 5 heteroatoms. The third-order valence-electron chi connectivity index (χ3n) is 3.96. The van der Waals surface area contributed by atoms with E-state index in [1.54, 1.807) is 35.7 Å².